The molecular formula is C19H17Cl2N3O3S. The van der Waals surface area contributed by atoms with E-state index in [1.807, 2.05) is 31.2 Å². The van der Waals surface area contributed by atoms with Gasteiger partial charge in [-0.25, -0.2) is 0 Å². The predicted octanol–water partition coefficient (Wildman–Crippen LogP) is 5.56. The number of aromatic nitrogens is 2. The van der Waals surface area contributed by atoms with Crippen LogP contribution in [0.2, 0.25) is 10.0 Å². The highest BCUT2D eigenvalue weighted by atomic mass is 35.5. The highest BCUT2D eigenvalue weighted by Gasteiger charge is 2.18. The summed E-state index contributed by atoms with van der Waals surface area (Å²) in [6, 6.07) is 12.5. The fourth-order valence-electron chi connectivity index (χ4n) is 2.22. The van der Waals surface area contributed by atoms with Gasteiger partial charge in [-0.15, -0.1) is 10.2 Å². The van der Waals surface area contributed by atoms with Crippen LogP contribution in [-0.4, -0.2) is 21.9 Å². The molecule has 1 aromatic heterocycles. The van der Waals surface area contributed by atoms with E-state index in [2.05, 4.69) is 15.5 Å². The first kappa shape index (κ1) is 20.5. The summed E-state index contributed by atoms with van der Waals surface area (Å²) in [6.45, 7) is 3.75. The molecule has 1 atom stereocenters. The highest BCUT2D eigenvalue weighted by molar-refractivity contribution is 7.99. The van der Waals surface area contributed by atoms with Gasteiger partial charge in [-0.3, -0.25) is 4.79 Å². The fourth-order valence-corrected chi connectivity index (χ4v) is 3.24. The van der Waals surface area contributed by atoms with Crippen molar-refractivity contribution in [1.82, 2.24) is 10.2 Å². The van der Waals surface area contributed by atoms with Gasteiger partial charge in [-0.2, -0.15) is 0 Å². The molecule has 0 bridgehead atoms. The molecule has 3 aromatic rings. The summed E-state index contributed by atoms with van der Waals surface area (Å²) < 4.78 is 11.3. The molecule has 1 amide bonds. The molecule has 0 aliphatic heterocycles. The van der Waals surface area contributed by atoms with Crippen LogP contribution in [0, 0.1) is 6.92 Å². The number of carbonyl (C=O) groups is 1. The van der Waals surface area contributed by atoms with Crippen LogP contribution in [0.1, 0.15) is 24.5 Å². The number of nitrogens with one attached hydrogen (secondary N) is 1. The molecule has 146 valence electrons. The first-order valence-corrected chi connectivity index (χ1v) is 10.1. The van der Waals surface area contributed by atoms with Crippen molar-refractivity contribution in [3.63, 3.8) is 0 Å². The number of ether oxygens (including phenoxy) is 1. The third kappa shape index (κ3) is 5.64. The van der Waals surface area contributed by atoms with Crippen LogP contribution in [0.4, 0.5) is 5.69 Å². The molecule has 3 rings (SSSR count). The lowest BCUT2D eigenvalue weighted by Crippen LogP contribution is -2.13. The van der Waals surface area contributed by atoms with E-state index < -0.39 is 6.10 Å². The molecule has 28 heavy (non-hydrogen) atoms. The number of amides is 1. The number of anilines is 1. The zero-order chi connectivity index (χ0) is 20.1. The first-order valence-electron chi connectivity index (χ1n) is 8.35. The largest absolute Gasteiger partial charge is 0.479 e. The summed E-state index contributed by atoms with van der Waals surface area (Å²) in [5.41, 5.74) is 1.87. The highest BCUT2D eigenvalue weighted by Crippen LogP contribution is 2.31. The fraction of sp³-hybridized carbons (Fsp3) is 0.211. The minimum atomic E-state index is -0.512. The average Bonchev–Trinajstić information content (AvgIpc) is 3.13. The summed E-state index contributed by atoms with van der Waals surface area (Å²) in [4.78, 5) is 12.0. The van der Waals surface area contributed by atoms with Gasteiger partial charge in [0.05, 0.1) is 10.8 Å². The molecule has 1 N–H and O–H groups in total. The van der Waals surface area contributed by atoms with Gasteiger partial charge in [-0.1, -0.05) is 52.7 Å². The molecule has 0 fully saturated rings. The molecule has 0 unspecified atom stereocenters. The van der Waals surface area contributed by atoms with E-state index >= 15 is 0 Å². The molecule has 6 nitrogen and oxygen atoms in total. The number of halogens is 2. The van der Waals surface area contributed by atoms with Crippen LogP contribution >= 0.6 is 35.0 Å². The lowest BCUT2D eigenvalue weighted by molar-refractivity contribution is -0.113. The minimum absolute atomic E-state index is 0.147. The normalized spacial score (nSPS) is 11.9. The number of nitrogens with zero attached hydrogens (tertiary/aromatic N) is 2. The van der Waals surface area contributed by atoms with E-state index in [9.17, 15) is 4.79 Å². The predicted molar refractivity (Wildman–Crippen MR) is 110 cm³/mol. The van der Waals surface area contributed by atoms with Crippen molar-refractivity contribution >= 4 is 46.6 Å². The Morgan fingerprint density at radius 2 is 1.96 bits per heavy atom. The molecule has 2 aromatic carbocycles. The molecule has 0 aliphatic rings. The second kappa shape index (κ2) is 9.32. The maximum atomic E-state index is 12.0. The molecule has 0 radical (unpaired) electrons. The van der Waals surface area contributed by atoms with Crippen molar-refractivity contribution in [2.24, 2.45) is 0 Å². The average molecular weight is 438 g/mol. The summed E-state index contributed by atoms with van der Waals surface area (Å²) in [6.07, 6.45) is -0.512. The maximum Gasteiger partial charge on any atom is 0.277 e. The van der Waals surface area contributed by atoms with Crippen molar-refractivity contribution in [2.45, 2.75) is 25.2 Å². The van der Waals surface area contributed by atoms with E-state index in [0.29, 0.717) is 15.8 Å². The lowest BCUT2D eigenvalue weighted by atomic mass is 10.2. The topological polar surface area (TPSA) is 77.2 Å². The Morgan fingerprint density at radius 1 is 1.21 bits per heavy atom. The Labute approximate surface area is 176 Å². The SMILES string of the molecule is Cc1ccc(NC(=O)CSc2nnc([C@H](C)Oc3ccc(Cl)cc3Cl)o2)cc1. The zero-order valence-electron chi connectivity index (χ0n) is 15.1. The Kier molecular flexibility index (Phi) is 6.83. The molecule has 0 saturated heterocycles. The number of aryl methyl sites for hydroxylation is 1. The van der Waals surface area contributed by atoms with Crippen LogP contribution in [0.5, 0.6) is 5.75 Å². The van der Waals surface area contributed by atoms with Crippen LogP contribution in [0.15, 0.2) is 52.1 Å². The van der Waals surface area contributed by atoms with Gasteiger partial charge in [0.1, 0.15) is 5.75 Å². The van der Waals surface area contributed by atoms with Crippen molar-refractivity contribution < 1.29 is 13.9 Å². The number of hydrogen-bond donors (Lipinski definition) is 1. The standard InChI is InChI=1S/C19H17Cl2N3O3S/c1-11-3-6-14(7-4-11)22-17(25)10-28-19-24-23-18(27-19)12(2)26-16-8-5-13(20)9-15(16)21/h3-9,12H,10H2,1-2H3,(H,22,25)/t12-/m0/s1. The van der Waals surface area contributed by atoms with Crippen LogP contribution in [0.25, 0.3) is 0 Å². The Bertz CT molecular complexity index is 963. The van der Waals surface area contributed by atoms with Crippen molar-refractivity contribution in [3.8, 4) is 5.75 Å². The summed E-state index contributed by atoms with van der Waals surface area (Å²) >= 11 is 13.1. The van der Waals surface area contributed by atoms with Crippen LogP contribution < -0.4 is 10.1 Å². The Morgan fingerprint density at radius 3 is 2.68 bits per heavy atom. The Balaban J connectivity index is 1.53. The molecule has 9 heteroatoms. The molecule has 1 heterocycles. The summed E-state index contributed by atoms with van der Waals surface area (Å²) in [5.74, 6) is 0.732. The third-order valence-corrected chi connectivity index (χ3v) is 4.98. The van der Waals surface area contributed by atoms with Crippen molar-refractivity contribution in [2.75, 3.05) is 11.1 Å². The maximum absolute atomic E-state index is 12.0. The lowest BCUT2D eigenvalue weighted by Gasteiger charge is -2.12. The van der Waals surface area contributed by atoms with Crippen molar-refractivity contribution in [3.05, 3.63) is 64.0 Å². The summed E-state index contributed by atoms with van der Waals surface area (Å²) in [7, 11) is 0. The molecule has 0 spiro atoms. The van der Waals surface area contributed by atoms with E-state index in [1.165, 1.54) is 0 Å². The van der Waals surface area contributed by atoms with Gasteiger partial charge in [0.25, 0.3) is 11.1 Å². The number of benzene rings is 2. The van der Waals surface area contributed by atoms with Gasteiger partial charge < -0.3 is 14.5 Å². The van der Waals surface area contributed by atoms with Gasteiger partial charge in [0.15, 0.2) is 6.10 Å². The van der Waals surface area contributed by atoms with E-state index in [4.69, 9.17) is 32.4 Å². The second-order valence-corrected chi connectivity index (χ2v) is 7.71. The first-order chi connectivity index (χ1) is 13.4. The van der Waals surface area contributed by atoms with Crippen molar-refractivity contribution in [1.29, 1.82) is 0 Å². The van der Waals surface area contributed by atoms with Crippen LogP contribution in [0.3, 0.4) is 0 Å². The van der Waals surface area contributed by atoms with E-state index in [0.717, 1.165) is 23.0 Å². The number of rotatable bonds is 7. The van der Waals surface area contributed by atoms with E-state index in [-0.39, 0.29) is 22.8 Å². The molecular weight excluding hydrogens is 421 g/mol. The van der Waals surface area contributed by atoms with E-state index in [1.54, 1.807) is 25.1 Å². The zero-order valence-corrected chi connectivity index (χ0v) is 17.4. The Hall–Kier alpha value is -2.22. The molecule has 0 aliphatic carbocycles. The number of thioether (sulfide) groups is 1. The third-order valence-electron chi connectivity index (χ3n) is 3.63. The number of carbonyl (C=O) groups excluding carboxylic acids is 1. The quantitative estimate of drug-likeness (QED) is 0.487. The van der Waals surface area contributed by atoms with Gasteiger partial charge in [0.2, 0.25) is 5.91 Å². The van der Waals surface area contributed by atoms with Crippen LogP contribution in [-0.2, 0) is 4.79 Å². The minimum Gasteiger partial charge on any atom is -0.479 e. The smallest absolute Gasteiger partial charge is 0.277 e. The number of hydrogen-bond acceptors (Lipinski definition) is 6. The van der Waals surface area contributed by atoms with Gasteiger partial charge >= 0.3 is 0 Å². The monoisotopic (exact) mass is 437 g/mol. The molecule has 0 saturated carbocycles. The van der Waals surface area contributed by atoms with Gasteiger partial charge in [-0.05, 0) is 44.2 Å². The second-order valence-electron chi connectivity index (χ2n) is 5.94. The van der Waals surface area contributed by atoms with Gasteiger partial charge in [0, 0.05) is 10.7 Å². The summed E-state index contributed by atoms with van der Waals surface area (Å²) in [5, 5.41) is 11.9.